The average molecular weight is 391 g/mol. The average Bonchev–Trinajstić information content (AvgIpc) is 3.45. The molecule has 0 radical (unpaired) electrons. The molecule has 3 atom stereocenters. The topological polar surface area (TPSA) is 17.1 Å². The van der Waals surface area contributed by atoms with E-state index in [1.54, 1.807) is 0 Å². The lowest BCUT2D eigenvalue weighted by molar-refractivity contribution is -0.122. The van der Waals surface area contributed by atoms with Gasteiger partial charge in [-0.15, -0.1) is 0 Å². The molecular formula is C29H26O. The van der Waals surface area contributed by atoms with Crippen LogP contribution >= 0.6 is 0 Å². The number of hydrogen-bond donors (Lipinski definition) is 0. The highest BCUT2D eigenvalue weighted by molar-refractivity contribution is 6.07. The Labute approximate surface area is 178 Å². The van der Waals surface area contributed by atoms with Gasteiger partial charge in [-0.2, -0.15) is 0 Å². The van der Waals surface area contributed by atoms with Crippen LogP contribution in [0.2, 0.25) is 0 Å². The fourth-order valence-corrected chi connectivity index (χ4v) is 5.30. The van der Waals surface area contributed by atoms with E-state index in [1.165, 1.54) is 11.1 Å². The fourth-order valence-electron chi connectivity index (χ4n) is 5.30. The van der Waals surface area contributed by atoms with E-state index >= 15 is 0 Å². The lowest BCUT2D eigenvalue weighted by Gasteiger charge is -2.25. The van der Waals surface area contributed by atoms with Gasteiger partial charge in [0.2, 0.25) is 0 Å². The van der Waals surface area contributed by atoms with Crippen LogP contribution in [0.5, 0.6) is 0 Å². The van der Waals surface area contributed by atoms with E-state index in [1.807, 2.05) is 24.3 Å². The number of benzene rings is 3. The van der Waals surface area contributed by atoms with E-state index in [9.17, 15) is 4.79 Å². The molecule has 0 saturated heterocycles. The van der Waals surface area contributed by atoms with Crippen LogP contribution in [0, 0.1) is 11.3 Å². The SMILES string of the molecule is O=C1/C(=C/c2ccccc2)CCC[C@@]12[C@H](c1ccccc1)[C@@H]2/C=C/c1ccccc1. The van der Waals surface area contributed by atoms with Gasteiger partial charge < -0.3 is 0 Å². The summed E-state index contributed by atoms with van der Waals surface area (Å²) in [5.74, 6) is 0.881. The van der Waals surface area contributed by atoms with Crippen molar-refractivity contribution in [2.75, 3.05) is 0 Å². The number of carbonyl (C=O) groups is 1. The zero-order valence-electron chi connectivity index (χ0n) is 17.1. The molecule has 2 fully saturated rings. The highest BCUT2D eigenvalue weighted by Gasteiger charge is 2.68. The summed E-state index contributed by atoms with van der Waals surface area (Å²) in [6.45, 7) is 0. The second kappa shape index (κ2) is 7.91. The van der Waals surface area contributed by atoms with Gasteiger partial charge in [0.15, 0.2) is 5.78 Å². The Bertz CT molecular complexity index is 1080. The first kappa shape index (κ1) is 18.8. The molecule has 1 nitrogen and oxygen atoms in total. The number of Topliss-reactive ketones (excluding diaryl/α,β-unsaturated/α-hetero) is 1. The van der Waals surface area contributed by atoms with Gasteiger partial charge in [0.1, 0.15) is 0 Å². The molecule has 1 spiro atoms. The molecule has 0 heterocycles. The number of rotatable bonds is 4. The molecule has 0 N–H and O–H groups in total. The Hall–Kier alpha value is -3.19. The van der Waals surface area contributed by atoms with Crippen molar-refractivity contribution in [1.29, 1.82) is 0 Å². The zero-order valence-corrected chi connectivity index (χ0v) is 17.1. The summed E-state index contributed by atoms with van der Waals surface area (Å²) in [6.07, 6.45) is 9.52. The maximum Gasteiger partial charge on any atom is 0.166 e. The molecule has 0 aliphatic heterocycles. The van der Waals surface area contributed by atoms with Crippen LogP contribution in [0.1, 0.15) is 41.9 Å². The smallest absolute Gasteiger partial charge is 0.166 e. The summed E-state index contributed by atoms with van der Waals surface area (Å²) < 4.78 is 0. The summed E-state index contributed by atoms with van der Waals surface area (Å²) in [7, 11) is 0. The van der Waals surface area contributed by atoms with Crippen molar-refractivity contribution in [2.45, 2.75) is 25.2 Å². The van der Waals surface area contributed by atoms with Crippen molar-refractivity contribution >= 4 is 17.9 Å². The quantitative estimate of drug-likeness (QED) is 0.441. The zero-order chi connectivity index (χ0) is 20.4. The van der Waals surface area contributed by atoms with Crippen LogP contribution < -0.4 is 0 Å². The molecule has 3 aromatic carbocycles. The molecule has 0 amide bonds. The molecule has 0 unspecified atom stereocenters. The van der Waals surface area contributed by atoms with Crippen LogP contribution in [0.3, 0.4) is 0 Å². The van der Waals surface area contributed by atoms with Gasteiger partial charge in [0.05, 0.1) is 0 Å². The summed E-state index contributed by atoms with van der Waals surface area (Å²) >= 11 is 0. The number of ketones is 1. The number of allylic oxidation sites excluding steroid dienone is 2. The summed E-state index contributed by atoms with van der Waals surface area (Å²) in [4.78, 5) is 13.8. The van der Waals surface area contributed by atoms with Gasteiger partial charge in [0.25, 0.3) is 0 Å². The summed E-state index contributed by atoms with van der Waals surface area (Å²) in [6, 6.07) is 31.2. The summed E-state index contributed by atoms with van der Waals surface area (Å²) in [5, 5.41) is 0. The van der Waals surface area contributed by atoms with E-state index in [2.05, 4.69) is 85.0 Å². The highest BCUT2D eigenvalue weighted by atomic mass is 16.1. The standard InChI is InChI=1S/C29H26O/c30-28-25(21-23-13-6-2-7-14-23)17-10-20-29(28)26(19-18-22-11-4-1-5-12-22)27(29)24-15-8-3-9-16-24/h1-9,11-16,18-19,21,26-27H,10,17,20H2/b19-18+,25-21+/t26-,27+,29+/m0/s1. The first-order chi connectivity index (χ1) is 14.8. The Morgan fingerprint density at radius 2 is 1.37 bits per heavy atom. The first-order valence-electron chi connectivity index (χ1n) is 10.9. The maximum atomic E-state index is 13.8. The van der Waals surface area contributed by atoms with Gasteiger partial charge in [-0.25, -0.2) is 0 Å². The third-order valence-corrected chi connectivity index (χ3v) is 6.75. The van der Waals surface area contributed by atoms with Crippen molar-refractivity contribution in [1.82, 2.24) is 0 Å². The third kappa shape index (κ3) is 3.35. The van der Waals surface area contributed by atoms with Crippen molar-refractivity contribution in [3.05, 3.63) is 119 Å². The van der Waals surface area contributed by atoms with E-state index in [-0.39, 0.29) is 17.3 Å². The van der Waals surface area contributed by atoms with Crippen LogP contribution in [0.15, 0.2) is 103 Å². The molecule has 0 bridgehead atoms. The van der Waals surface area contributed by atoms with Crippen molar-refractivity contribution in [3.8, 4) is 0 Å². The van der Waals surface area contributed by atoms with E-state index in [4.69, 9.17) is 0 Å². The Morgan fingerprint density at radius 1 is 0.767 bits per heavy atom. The molecular weight excluding hydrogens is 364 g/mol. The van der Waals surface area contributed by atoms with Crippen molar-refractivity contribution in [3.63, 3.8) is 0 Å². The van der Waals surface area contributed by atoms with Gasteiger partial charge >= 0.3 is 0 Å². The lowest BCUT2D eigenvalue weighted by Crippen LogP contribution is -2.26. The minimum atomic E-state index is -0.286. The first-order valence-corrected chi connectivity index (χ1v) is 10.9. The molecule has 5 rings (SSSR count). The minimum absolute atomic E-state index is 0.257. The number of hydrogen-bond acceptors (Lipinski definition) is 1. The fraction of sp³-hybridized carbons (Fsp3) is 0.207. The second-order valence-electron chi connectivity index (χ2n) is 8.49. The Balaban J connectivity index is 1.51. The van der Waals surface area contributed by atoms with Gasteiger partial charge in [-0.05, 0) is 53.5 Å². The lowest BCUT2D eigenvalue weighted by atomic mass is 9.77. The molecule has 3 aromatic rings. The Morgan fingerprint density at radius 3 is 2.03 bits per heavy atom. The van der Waals surface area contributed by atoms with Crippen LogP contribution in [-0.4, -0.2) is 5.78 Å². The van der Waals surface area contributed by atoms with Crippen LogP contribution in [0.4, 0.5) is 0 Å². The van der Waals surface area contributed by atoms with Crippen molar-refractivity contribution < 1.29 is 4.79 Å². The van der Waals surface area contributed by atoms with Gasteiger partial charge in [-0.1, -0.05) is 103 Å². The Kier molecular flexibility index (Phi) is 4.96. The monoisotopic (exact) mass is 390 g/mol. The van der Waals surface area contributed by atoms with Crippen molar-refractivity contribution in [2.24, 2.45) is 11.3 Å². The predicted molar refractivity (Wildman–Crippen MR) is 124 cm³/mol. The molecule has 2 saturated carbocycles. The van der Waals surface area contributed by atoms with Crippen LogP contribution in [-0.2, 0) is 4.79 Å². The van der Waals surface area contributed by atoms with Gasteiger partial charge in [-0.3, -0.25) is 4.79 Å². The maximum absolute atomic E-state index is 13.8. The normalized spacial score (nSPS) is 27.1. The van der Waals surface area contributed by atoms with E-state index < -0.39 is 0 Å². The number of carbonyl (C=O) groups excluding carboxylic acids is 1. The molecule has 1 heteroatoms. The summed E-state index contributed by atoms with van der Waals surface area (Å²) in [5.41, 5.74) is 4.30. The highest BCUT2D eigenvalue weighted by Crippen LogP contribution is 2.70. The minimum Gasteiger partial charge on any atom is -0.294 e. The van der Waals surface area contributed by atoms with Gasteiger partial charge in [0, 0.05) is 11.3 Å². The molecule has 148 valence electrons. The molecule has 0 aromatic heterocycles. The van der Waals surface area contributed by atoms with E-state index in [0.717, 1.165) is 30.4 Å². The van der Waals surface area contributed by atoms with E-state index in [0.29, 0.717) is 5.78 Å². The molecule has 2 aliphatic rings. The molecule has 2 aliphatic carbocycles. The second-order valence-corrected chi connectivity index (χ2v) is 8.49. The largest absolute Gasteiger partial charge is 0.294 e. The predicted octanol–water partition coefficient (Wildman–Crippen LogP) is 6.94. The van der Waals surface area contributed by atoms with Crippen LogP contribution in [0.25, 0.3) is 12.2 Å². The molecule has 30 heavy (non-hydrogen) atoms. The third-order valence-electron chi connectivity index (χ3n) is 6.75.